The van der Waals surface area contributed by atoms with Crippen molar-refractivity contribution in [3.8, 4) is 22.6 Å². The summed E-state index contributed by atoms with van der Waals surface area (Å²) in [5, 5.41) is 7.77. The smallest absolute Gasteiger partial charge is 0.200 e. The average molecular weight is 424 g/mol. The summed E-state index contributed by atoms with van der Waals surface area (Å²) in [5.74, 6) is 0.334. The fraction of sp³-hybridized carbons (Fsp3) is 0.185. The molecular weight excluding hydrogens is 398 g/mol. The Morgan fingerprint density at radius 1 is 1.00 bits per heavy atom. The van der Waals surface area contributed by atoms with E-state index in [1.165, 1.54) is 12.8 Å². The number of nitrogens with zero attached hydrogens (tertiary/aromatic N) is 1. The first-order valence-electron chi connectivity index (χ1n) is 11.0. The number of rotatable bonds is 7. The van der Waals surface area contributed by atoms with Crippen LogP contribution in [0.4, 0.5) is 0 Å². The molecule has 1 saturated carbocycles. The third-order valence-electron chi connectivity index (χ3n) is 6.01. The molecule has 1 fully saturated rings. The van der Waals surface area contributed by atoms with Crippen LogP contribution in [-0.4, -0.2) is 22.0 Å². The number of aromatic amines is 1. The SMILES string of the molecule is C=C(NC1CCCC1)c1cc(C(=O)c2c(-c3ccccc3)noc2-c2ccccc2)c[nH]1. The number of hydrogen-bond donors (Lipinski definition) is 2. The summed E-state index contributed by atoms with van der Waals surface area (Å²) >= 11 is 0. The summed E-state index contributed by atoms with van der Waals surface area (Å²) in [6, 6.07) is 21.6. The number of H-pyrrole nitrogens is 1. The summed E-state index contributed by atoms with van der Waals surface area (Å²) in [7, 11) is 0. The molecule has 0 aliphatic heterocycles. The highest BCUT2D eigenvalue weighted by Gasteiger charge is 2.27. The predicted molar refractivity (Wildman–Crippen MR) is 126 cm³/mol. The molecule has 2 aromatic carbocycles. The van der Waals surface area contributed by atoms with Gasteiger partial charge in [0.2, 0.25) is 5.78 Å². The Morgan fingerprint density at radius 3 is 2.34 bits per heavy atom. The minimum absolute atomic E-state index is 0.139. The summed E-state index contributed by atoms with van der Waals surface area (Å²) in [6.07, 6.45) is 6.55. The van der Waals surface area contributed by atoms with Crippen molar-refractivity contribution in [2.24, 2.45) is 0 Å². The number of hydrogen-bond acceptors (Lipinski definition) is 4. The lowest BCUT2D eigenvalue weighted by Gasteiger charge is -2.14. The summed E-state index contributed by atoms with van der Waals surface area (Å²) < 4.78 is 5.71. The number of ketones is 1. The molecule has 0 bridgehead atoms. The van der Waals surface area contributed by atoms with Gasteiger partial charge in [-0.25, -0.2) is 0 Å². The lowest BCUT2D eigenvalue weighted by atomic mass is 9.96. The van der Waals surface area contributed by atoms with Crippen LogP contribution in [0.1, 0.15) is 47.3 Å². The minimum Gasteiger partial charge on any atom is -0.381 e. The highest BCUT2D eigenvalue weighted by Crippen LogP contribution is 2.34. The Kier molecular flexibility index (Phi) is 5.46. The fourth-order valence-corrected chi connectivity index (χ4v) is 4.32. The third kappa shape index (κ3) is 3.89. The Morgan fingerprint density at radius 2 is 1.66 bits per heavy atom. The molecular formula is C27H25N3O2. The van der Waals surface area contributed by atoms with E-state index in [2.05, 4.69) is 22.0 Å². The van der Waals surface area contributed by atoms with E-state index in [1.807, 2.05) is 66.7 Å². The van der Waals surface area contributed by atoms with Crippen molar-refractivity contribution < 1.29 is 9.32 Å². The molecule has 0 spiro atoms. The molecule has 160 valence electrons. The summed E-state index contributed by atoms with van der Waals surface area (Å²) in [6.45, 7) is 4.17. The van der Waals surface area contributed by atoms with Crippen LogP contribution in [0.3, 0.4) is 0 Å². The first kappa shape index (κ1) is 20.1. The normalized spacial score (nSPS) is 13.9. The first-order chi connectivity index (χ1) is 15.7. The second kappa shape index (κ2) is 8.71. The van der Waals surface area contributed by atoms with Crippen LogP contribution in [-0.2, 0) is 0 Å². The zero-order valence-electron chi connectivity index (χ0n) is 17.8. The van der Waals surface area contributed by atoms with Gasteiger partial charge < -0.3 is 14.8 Å². The lowest BCUT2D eigenvalue weighted by molar-refractivity contribution is 0.103. The standard InChI is InChI=1S/C27H25N3O2/c1-18(29-22-14-8-9-15-22)23-16-21(17-28-23)26(31)24-25(19-10-4-2-5-11-19)30-32-27(24)20-12-6-3-7-13-20/h2-7,10-13,16-17,22,28-29H,1,8-9,14-15H2. The molecule has 32 heavy (non-hydrogen) atoms. The van der Waals surface area contributed by atoms with Crippen LogP contribution in [0.25, 0.3) is 28.3 Å². The third-order valence-corrected chi connectivity index (χ3v) is 6.01. The quantitative estimate of drug-likeness (QED) is 0.354. The highest BCUT2D eigenvalue weighted by molar-refractivity contribution is 6.15. The van der Waals surface area contributed by atoms with Crippen LogP contribution in [0.15, 0.2) is 84.0 Å². The van der Waals surface area contributed by atoms with E-state index in [0.29, 0.717) is 28.6 Å². The molecule has 2 aromatic heterocycles. The van der Waals surface area contributed by atoms with Gasteiger partial charge in [0.1, 0.15) is 5.69 Å². The Labute approximate surface area is 187 Å². The van der Waals surface area contributed by atoms with Gasteiger partial charge in [-0.1, -0.05) is 85.2 Å². The van der Waals surface area contributed by atoms with Gasteiger partial charge in [-0.2, -0.15) is 0 Å². The minimum atomic E-state index is -0.139. The van der Waals surface area contributed by atoms with Crippen LogP contribution in [0, 0.1) is 0 Å². The van der Waals surface area contributed by atoms with Crippen LogP contribution in [0.5, 0.6) is 0 Å². The van der Waals surface area contributed by atoms with Crippen molar-refractivity contribution in [1.82, 2.24) is 15.5 Å². The van der Waals surface area contributed by atoms with Crippen molar-refractivity contribution in [3.05, 3.63) is 96.3 Å². The van der Waals surface area contributed by atoms with E-state index in [4.69, 9.17) is 4.52 Å². The van der Waals surface area contributed by atoms with Gasteiger partial charge in [-0.05, 0) is 18.9 Å². The summed E-state index contributed by atoms with van der Waals surface area (Å²) in [5.41, 5.74) is 4.83. The molecule has 0 saturated heterocycles. The number of benzene rings is 2. The van der Waals surface area contributed by atoms with Gasteiger partial charge in [0.25, 0.3) is 0 Å². The van der Waals surface area contributed by atoms with E-state index in [1.54, 1.807) is 6.20 Å². The van der Waals surface area contributed by atoms with Crippen molar-refractivity contribution in [2.75, 3.05) is 0 Å². The van der Waals surface area contributed by atoms with Crippen LogP contribution >= 0.6 is 0 Å². The van der Waals surface area contributed by atoms with Gasteiger partial charge in [0, 0.05) is 28.9 Å². The molecule has 5 heteroatoms. The molecule has 0 radical (unpaired) electrons. The topological polar surface area (TPSA) is 70.9 Å². The lowest BCUT2D eigenvalue weighted by Crippen LogP contribution is -2.23. The zero-order valence-corrected chi connectivity index (χ0v) is 17.8. The maximum atomic E-state index is 13.7. The monoisotopic (exact) mass is 423 g/mol. The van der Waals surface area contributed by atoms with Crippen molar-refractivity contribution in [3.63, 3.8) is 0 Å². The first-order valence-corrected chi connectivity index (χ1v) is 11.0. The fourth-order valence-electron chi connectivity index (χ4n) is 4.32. The van der Waals surface area contributed by atoms with Gasteiger partial charge >= 0.3 is 0 Å². The second-order valence-corrected chi connectivity index (χ2v) is 8.20. The zero-order chi connectivity index (χ0) is 21.9. The highest BCUT2D eigenvalue weighted by atomic mass is 16.5. The van der Waals surface area contributed by atoms with Crippen molar-refractivity contribution in [1.29, 1.82) is 0 Å². The number of carbonyl (C=O) groups is 1. The number of aromatic nitrogens is 2. The van der Waals surface area contributed by atoms with Gasteiger partial charge in [-0.3, -0.25) is 4.79 Å². The van der Waals surface area contributed by atoms with Gasteiger partial charge in [0.15, 0.2) is 5.76 Å². The molecule has 2 N–H and O–H groups in total. The van der Waals surface area contributed by atoms with Crippen LogP contribution in [0.2, 0.25) is 0 Å². The second-order valence-electron chi connectivity index (χ2n) is 8.20. The molecule has 1 aliphatic carbocycles. The van der Waals surface area contributed by atoms with E-state index in [-0.39, 0.29) is 5.78 Å². The molecule has 5 rings (SSSR count). The molecule has 1 aliphatic rings. The molecule has 0 unspecified atom stereocenters. The molecule has 4 aromatic rings. The maximum absolute atomic E-state index is 13.7. The van der Waals surface area contributed by atoms with E-state index < -0.39 is 0 Å². The maximum Gasteiger partial charge on any atom is 0.200 e. The molecule has 0 amide bonds. The number of carbonyl (C=O) groups excluding carboxylic acids is 1. The predicted octanol–water partition coefficient (Wildman–Crippen LogP) is 6.07. The largest absolute Gasteiger partial charge is 0.381 e. The Bertz CT molecular complexity index is 1180. The Balaban J connectivity index is 1.51. The molecule has 2 heterocycles. The summed E-state index contributed by atoms with van der Waals surface area (Å²) in [4.78, 5) is 16.9. The van der Waals surface area contributed by atoms with Gasteiger partial charge in [0.05, 0.1) is 17.0 Å². The van der Waals surface area contributed by atoms with Crippen molar-refractivity contribution in [2.45, 2.75) is 31.7 Å². The molecule has 0 atom stereocenters. The van der Waals surface area contributed by atoms with E-state index in [0.717, 1.165) is 35.4 Å². The average Bonchev–Trinajstić information content (AvgIpc) is 3.60. The Hall–Kier alpha value is -3.86. The molecule has 5 nitrogen and oxygen atoms in total. The van der Waals surface area contributed by atoms with E-state index in [9.17, 15) is 4.79 Å². The van der Waals surface area contributed by atoms with Crippen molar-refractivity contribution >= 4 is 11.5 Å². The van der Waals surface area contributed by atoms with Gasteiger partial charge in [-0.15, -0.1) is 0 Å². The van der Waals surface area contributed by atoms with Crippen LogP contribution < -0.4 is 5.32 Å². The van der Waals surface area contributed by atoms with E-state index >= 15 is 0 Å². The number of nitrogens with one attached hydrogen (secondary N) is 2.